The molecule has 0 saturated carbocycles. The van der Waals surface area contributed by atoms with Crippen molar-refractivity contribution in [1.82, 2.24) is 15.0 Å². The summed E-state index contributed by atoms with van der Waals surface area (Å²) in [6.07, 6.45) is 0. The number of hydrogen-bond donors (Lipinski definition) is 3. The van der Waals surface area contributed by atoms with E-state index in [1.54, 1.807) is 24.3 Å². The lowest BCUT2D eigenvalue weighted by molar-refractivity contribution is 0.594. The largest absolute Gasteiger partial charge is 0.432 e. The number of fused-ring (bicyclic) bond motifs is 4. The van der Waals surface area contributed by atoms with Crippen LogP contribution in [0.3, 0.4) is 0 Å². The molecule has 12 heteroatoms. The first-order chi connectivity index (χ1) is 15.2. The molecule has 0 atom stereocenters. The molecule has 1 aliphatic carbocycles. The van der Waals surface area contributed by atoms with Crippen LogP contribution in [0.5, 0.6) is 0 Å². The van der Waals surface area contributed by atoms with E-state index in [9.17, 15) is 13.2 Å². The Kier molecular flexibility index (Phi) is 4.62. The molecule has 0 radical (unpaired) electrons. The summed E-state index contributed by atoms with van der Waals surface area (Å²) in [5.74, 6) is 0.0375. The Labute approximate surface area is 190 Å². The summed E-state index contributed by atoms with van der Waals surface area (Å²) >= 11 is 10.9. The molecule has 0 spiro atoms. The molecule has 5 rings (SSSR count). The molecule has 0 bridgehead atoms. The van der Waals surface area contributed by atoms with Crippen molar-refractivity contribution in [3.8, 4) is 11.5 Å². The molecule has 3 aromatic rings. The van der Waals surface area contributed by atoms with Crippen LogP contribution in [0.4, 0.5) is 11.5 Å². The van der Waals surface area contributed by atoms with Crippen LogP contribution in [0, 0.1) is 4.77 Å². The highest BCUT2D eigenvalue weighted by molar-refractivity contribution is 7.92. The van der Waals surface area contributed by atoms with E-state index in [-0.39, 0.29) is 49.2 Å². The second-order valence-electron chi connectivity index (χ2n) is 6.81. The number of nitrogens with one attached hydrogen (secondary N) is 2. The maximum Gasteiger partial charge on any atom is 0.262 e. The van der Waals surface area contributed by atoms with Gasteiger partial charge in [-0.15, -0.1) is 0 Å². The molecule has 160 valence electrons. The number of hydrogen-bond acceptors (Lipinski definition) is 8. The van der Waals surface area contributed by atoms with Gasteiger partial charge in [-0.2, -0.15) is 4.98 Å². The third kappa shape index (κ3) is 3.27. The number of aromatic nitrogens is 3. The van der Waals surface area contributed by atoms with E-state index < -0.39 is 15.5 Å². The minimum absolute atomic E-state index is 0.0413. The number of nitrogens with zero attached hydrogens (tertiary/aromatic N) is 2. The Morgan fingerprint density at radius 3 is 2.47 bits per heavy atom. The number of H-pyrrole nitrogens is 1. The van der Waals surface area contributed by atoms with Crippen LogP contribution in [0.2, 0.25) is 5.02 Å². The van der Waals surface area contributed by atoms with Crippen molar-refractivity contribution < 1.29 is 12.8 Å². The fraction of sp³-hybridized carbons (Fsp3) is 0. The van der Waals surface area contributed by atoms with Crippen LogP contribution in [-0.4, -0.2) is 23.4 Å². The molecular formula is C20H12ClN5O4S2. The van der Waals surface area contributed by atoms with E-state index in [4.69, 9.17) is 34.0 Å². The molecule has 2 heterocycles. The summed E-state index contributed by atoms with van der Waals surface area (Å²) in [5, 5.41) is 1.09. The van der Waals surface area contributed by atoms with E-state index in [0.29, 0.717) is 10.4 Å². The zero-order valence-corrected chi connectivity index (χ0v) is 18.3. The van der Waals surface area contributed by atoms with Gasteiger partial charge in [0.2, 0.25) is 10.2 Å². The molecule has 2 aliphatic rings. The minimum Gasteiger partial charge on any atom is -0.432 e. The van der Waals surface area contributed by atoms with Crippen LogP contribution < -0.4 is 15.9 Å². The molecular weight excluding hydrogens is 474 g/mol. The van der Waals surface area contributed by atoms with Crippen molar-refractivity contribution >= 4 is 67.3 Å². The lowest BCUT2D eigenvalue weighted by atomic mass is 10.0. The Balaban J connectivity index is 1.86. The first-order valence-electron chi connectivity index (χ1n) is 9.08. The quantitative estimate of drug-likeness (QED) is 0.198. The minimum atomic E-state index is -4.15. The number of nitrogen functional groups attached to an aromatic ring is 1. The molecule has 2 aromatic carbocycles. The first kappa shape index (κ1) is 20.4. The van der Waals surface area contributed by atoms with Crippen molar-refractivity contribution in [3.05, 3.63) is 68.5 Å². The normalized spacial score (nSPS) is 11.9. The maximum atomic E-state index is 13.3. The third-order valence-corrected chi connectivity index (χ3v) is 6.59. The molecule has 4 N–H and O–H groups in total. The fourth-order valence-electron chi connectivity index (χ4n) is 3.33. The van der Waals surface area contributed by atoms with E-state index in [1.165, 1.54) is 24.3 Å². The predicted octanol–water partition coefficient (Wildman–Crippen LogP) is 3.93. The predicted molar refractivity (Wildman–Crippen MR) is 124 cm³/mol. The topological polar surface area (TPSA) is 144 Å². The van der Waals surface area contributed by atoms with Gasteiger partial charge in [0, 0.05) is 15.8 Å². The monoisotopic (exact) mass is 485 g/mol. The molecule has 0 saturated heterocycles. The van der Waals surface area contributed by atoms with Gasteiger partial charge in [-0.1, -0.05) is 35.9 Å². The number of aromatic amines is 1. The molecule has 1 aromatic heterocycles. The number of rotatable bonds is 3. The van der Waals surface area contributed by atoms with Crippen molar-refractivity contribution in [2.45, 2.75) is 4.90 Å². The Bertz CT molecular complexity index is 1730. The third-order valence-electron chi connectivity index (χ3n) is 4.78. The van der Waals surface area contributed by atoms with Crippen LogP contribution in [0.15, 0.2) is 62.6 Å². The van der Waals surface area contributed by atoms with Crippen molar-refractivity contribution in [2.75, 3.05) is 10.5 Å². The second-order valence-corrected chi connectivity index (χ2v) is 9.32. The van der Waals surface area contributed by atoms with Crippen LogP contribution in [0.25, 0.3) is 33.5 Å². The molecule has 1 aliphatic heterocycles. The second kappa shape index (κ2) is 7.26. The zero-order chi connectivity index (χ0) is 22.6. The van der Waals surface area contributed by atoms with E-state index in [1.807, 2.05) is 0 Å². The highest BCUT2D eigenvalue weighted by atomic mass is 35.5. The summed E-state index contributed by atoms with van der Waals surface area (Å²) in [6.45, 7) is 0. The maximum absolute atomic E-state index is 13.3. The Hall–Kier alpha value is -3.54. The van der Waals surface area contributed by atoms with Gasteiger partial charge >= 0.3 is 0 Å². The molecule has 0 amide bonds. The summed E-state index contributed by atoms with van der Waals surface area (Å²) in [6, 6.07) is 12.2. The zero-order valence-electron chi connectivity index (χ0n) is 15.9. The van der Waals surface area contributed by atoms with Gasteiger partial charge in [-0.05, 0) is 36.5 Å². The van der Waals surface area contributed by atoms with Crippen molar-refractivity contribution in [2.24, 2.45) is 0 Å². The van der Waals surface area contributed by atoms with Gasteiger partial charge < -0.3 is 15.1 Å². The van der Waals surface area contributed by atoms with Crippen LogP contribution >= 0.6 is 23.8 Å². The summed E-state index contributed by atoms with van der Waals surface area (Å²) in [7, 11) is -4.15. The van der Waals surface area contributed by atoms with Gasteiger partial charge in [-0.3, -0.25) is 9.52 Å². The fourth-order valence-corrected chi connectivity index (χ4v) is 4.71. The highest BCUT2D eigenvalue weighted by Gasteiger charge is 2.27. The van der Waals surface area contributed by atoms with Gasteiger partial charge in [0.1, 0.15) is 17.2 Å². The van der Waals surface area contributed by atoms with Gasteiger partial charge in [0.05, 0.1) is 4.90 Å². The number of benzene rings is 3. The Morgan fingerprint density at radius 1 is 1.06 bits per heavy atom. The Morgan fingerprint density at radius 2 is 1.75 bits per heavy atom. The lowest BCUT2D eigenvalue weighted by Crippen LogP contribution is -2.21. The average Bonchev–Trinajstić information content (AvgIpc) is 2.76. The average molecular weight is 486 g/mol. The highest BCUT2D eigenvalue weighted by Crippen LogP contribution is 2.36. The number of halogens is 1. The standard InChI is InChI=1S/C20H12ClN5O4S2/c21-9-5-7-10(8-6-9)32(28,29)26-14-16(27)12-4-2-1-3-11(12)13-17(14)30-19-15(23-13)18(22)24-20(31)25-19/h1-8,26H,(H3,22,24,25,31). The molecule has 0 unspecified atom stereocenters. The smallest absolute Gasteiger partial charge is 0.262 e. The SMILES string of the molecule is Nc1[nH]c(=S)nc2oc3c(NS(=O)(=O)c4ccc(Cl)cc4)c(=O)c4ccccc4c-3nc12. The number of nitrogens with two attached hydrogens (primary N) is 1. The summed E-state index contributed by atoms with van der Waals surface area (Å²) in [4.78, 5) is 24.4. The van der Waals surface area contributed by atoms with Crippen LogP contribution in [-0.2, 0) is 10.0 Å². The molecule has 32 heavy (non-hydrogen) atoms. The van der Waals surface area contributed by atoms with E-state index >= 15 is 0 Å². The first-order valence-corrected chi connectivity index (χ1v) is 11.3. The summed E-state index contributed by atoms with van der Waals surface area (Å²) < 4.78 is 34.2. The number of sulfonamides is 1. The molecule has 0 fully saturated rings. The van der Waals surface area contributed by atoms with Gasteiger partial charge in [0.25, 0.3) is 15.7 Å². The van der Waals surface area contributed by atoms with Gasteiger partial charge in [0.15, 0.2) is 11.3 Å². The van der Waals surface area contributed by atoms with E-state index in [2.05, 4.69) is 19.7 Å². The summed E-state index contributed by atoms with van der Waals surface area (Å²) in [5.41, 5.74) is 5.49. The van der Waals surface area contributed by atoms with Crippen LogP contribution in [0.1, 0.15) is 0 Å². The molecule has 9 nitrogen and oxygen atoms in total. The van der Waals surface area contributed by atoms with E-state index in [0.717, 1.165) is 0 Å². The van der Waals surface area contributed by atoms with Gasteiger partial charge in [-0.25, -0.2) is 13.4 Å². The van der Waals surface area contributed by atoms with Crippen molar-refractivity contribution in [1.29, 1.82) is 0 Å². The number of anilines is 2. The van der Waals surface area contributed by atoms with Crippen molar-refractivity contribution in [3.63, 3.8) is 0 Å². The lowest BCUT2D eigenvalue weighted by Gasteiger charge is -2.15.